The van der Waals surface area contributed by atoms with E-state index in [1.807, 2.05) is 6.92 Å². The van der Waals surface area contributed by atoms with Gasteiger partial charge in [0.05, 0.1) is 4.90 Å². The van der Waals surface area contributed by atoms with Gasteiger partial charge in [0.2, 0.25) is 10.0 Å². The van der Waals surface area contributed by atoms with E-state index in [1.165, 1.54) is 17.8 Å². The smallest absolute Gasteiger partial charge is 0.311 e. The molecular formula is C16H22N4O4S. The molecule has 1 aromatic heterocycles. The molecule has 2 rings (SSSR count). The first-order chi connectivity index (χ1) is 11.7. The molecule has 0 saturated heterocycles. The minimum atomic E-state index is -3.55. The normalized spacial score (nSPS) is 11.6. The number of aromatic nitrogens is 2. The third kappa shape index (κ3) is 4.65. The van der Waals surface area contributed by atoms with Crippen LogP contribution in [0.4, 0.5) is 0 Å². The quantitative estimate of drug-likeness (QED) is 0.641. The summed E-state index contributed by atoms with van der Waals surface area (Å²) in [6.45, 7) is 2.66. The Labute approximate surface area is 146 Å². The van der Waals surface area contributed by atoms with Crippen molar-refractivity contribution in [3.05, 3.63) is 62.4 Å². The Hall–Kier alpha value is -2.23. The molecule has 1 heterocycles. The number of hydrogen-bond acceptors (Lipinski definition) is 5. The standard InChI is InChI=1S/C16H22N4O4S/c1-12-4-6-14(7-5-12)25(23,24)18-9-8-17-10-13-11-19(2)16(22)20(3)15(13)21/h4-7,11,17-18H,8-10H2,1-3H3. The van der Waals surface area contributed by atoms with Gasteiger partial charge in [-0.1, -0.05) is 17.7 Å². The van der Waals surface area contributed by atoms with E-state index >= 15 is 0 Å². The maximum absolute atomic E-state index is 12.1. The molecule has 2 N–H and O–H groups in total. The minimum absolute atomic E-state index is 0.183. The first-order valence-electron chi connectivity index (χ1n) is 7.75. The van der Waals surface area contributed by atoms with E-state index in [0.29, 0.717) is 12.1 Å². The van der Waals surface area contributed by atoms with Crippen LogP contribution in [0.2, 0.25) is 0 Å². The van der Waals surface area contributed by atoms with Crippen LogP contribution in [0.5, 0.6) is 0 Å². The summed E-state index contributed by atoms with van der Waals surface area (Å²) in [6.07, 6.45) is 1.48. The summed E-state index contributed by atoms with van der Waals surface area (Å²) in [6, 6.07) is 6.59. The van der Waals surface area contributed by atoms with Crippen LogP contribution in [0.3, 0.4) is 0 Å². The number of sulfonamides is 1. The van der Waals surface area contributed by atoms with Crippen molar-refractivity contribution in [2.75, 3.05) is 13.1 Å². The van der Waals surface area contributed by atoms with Gasteiger partial charge in [-0.05, 0) is 19.1 Å². The highest BCUT2D eigenvalue weighted by Gasteiger charge is 2.12. The molecule has 0 aliphatic rings. The second-order valence-electron chi connectivity index (χ2n) is 5.80. The van der Waals surface area contributed by atoms with Crippen molar-refractivity contribution in [2.45, 2.75) is 18.4 Å². The molecule has 2 aromatic rings. The van der Waals surface area contributed by atoms with Crippen LogP contribution < -0.4 is 21.3 Å². The molecule has 0 amide bonds. The van der Waals surface area contributed by atoms with Crippen molar-refractivity contribution in [3.63, 3.8) is 0 Å². The second kappa shape index (κ2) is 7.77. The summed E-state index contributed by atoms with van der Waals surface area (Å²) in [4.78, 5) is 23.8. The number of nitrogens with one attached hydrogen (secondary N) is 2. The second-order valence-corrected chi connectivity index (χ2v) is 7.57. The first-order valence-corrected chi connectivity index (χ1v) is 9.23. The van der Waals surface area contributed by atoms with Crippen molar-refractivity contribution < 1.29 is 8.42 Å². The third-order valence-corrected chi connectivity index (χ3v) is 5.24. The predicted octanol–water partition coefficient (Wildman–Crippen LogP) is -0.539. The Bertz CT molecular complexity index is 959. The molecule has 25 heavy (non-hydrogen) atoms. The van der Waals surface area contributed by atoms with Crippen LogP contribution in [0, 0.1) is 6.92 Å². The lowest BCUT2D eigenvalue weighted by atomic mass is 10.2. The highest BCUT2D eigenvalue weighted by molar-refractivity contribution is 7.89. The Morgan fingerprint density at radius 2 is 1.68 bits per heavy atom. The molecule has 0 radical (unpaired) electrons. The lowest BCUT2D eigenvalue weighted by molar-refractivity contribution is 0.574. The molecule has 9 heteroatoms. The van der Waals surface area contributed by atoms with E-state index in [4.69, 9.17) is 0 Å². The van der Waals surface area contributed by atoms with Gasteiger partial charge in [-0.25, -0.2) is 17.9 Å². The maximum Gasteiger partial charge on any atom is 0.330 e. The summed E-state index contributed by atoms with van der Waals surface area (Å²) in [5.41, 5.74) is 0.667. The molecule has 0 bridgehead atoms. The molecule has 136 valence electrons. The molecule has 0 saturated carbocycles. The largest absolute Gasteiger partial charge is 0.330 e. The Morgan fingerprint density at radius 3 is 2.32 bits per heavy atom. The zero-order valence-electron chi connectivity index (χ0n) is 14.4. The van der Waals surface area contributed by atoms with Crippen molar-refractivity contribution in [1.29, 1.82) is 0 Å². The summed E-state index contributed by atoms with van der Waals surface area (Å²) in [5, 5.41) is 2.99. The summed E-state index contributed by atoms with van der Waals surface area (Å²) in [5.74, 6) is 0. The van der Waals surface area contributed by atoms with Crippen LogP contribution in [-0.4, -0.2) is 30.6 Å². The summed E-state index contributed by atoms with van der Waals surface area (Å²) >= 11 is 0. The Kier molecular flexibility index (Phi) is 5.93. The Morgan fingerprint density at radius 1 is 1.04 bits per heavy atom. The van der Waals surface area contributed by atoms with Gasteiger partial charge in [-0.15, -0.1) is 0 Å². The van der Waals surface area contributed by atoms with Crippen LogP contribution >= 0.6 is 0 Å². The molecule has 0 unspecified atom stereocenters. The van der Waals surface area contributed by atoms with Gasteiger partial charge in [0.1, 0.15) is 0 Å². The summed E-state index contributed by atoms with van der Waals surface area (Å²) in [7, 11) is -0.560. The van der Waals surface area contributed by atoms with E-state index in [-0.39, 0.29) is 29.2 Å². The van der Waals surface area contributed by atoms with Gasteiger partial charge in [-0.2, -0.15) is 0 Å². The lowest BCUT2D eigenvalue weighted by Gasteiger charge is -2.09. The van der Waals surface area contributed by atoms with Crippen molar-refractivity contribution in [2.24, 2.45) is 14.1 Å². The van der Waals surface area contributed by atoms with Gasteiger partial charge in [0.15, 0.2) is 0 Å². The highest BCUT2D eigenvalue weighted by Crippen LogP contribution is 2.09. The van der Waals surface area contributed by atoms with E-state index < -0.39 is 10.0 Å². The monoisotopic (exact) mass is 366 g/mol. The van der Waals surface area contributed by atoms with Crippen molar-refractivity contribution in [3.8, 4) is 0 Å². The zero-order valence-corrected chi connectivity index (χ0v) is 15.3. The summed E-state index contributed by atoms with van der Waals surface area (Å²) < 4.78 is 29.1. The molecule has 0 atom stereocenters. The molecule has 0 fully saturated rings. The average Bonchev–Trinajstić information content (AvgIpc) is 2.57. The number of benzene rings is 1. The molecular weight excluding hydrogens is 344 g/mol. The first kappa shape index (κ1) is 19.1. The highest BCUT2D eigenvalue weighted by atomic mass is 32.2. The van der Waals surface area contributed by atoms with Crippen molar-refractivity contribution in [1.82, 2.24) is 19.2 Å². The van der Waals surface area contributed by atoms with E-state index in [1.54, 1.807) is 31.3 Å². The van der Waals surface area contributed by atoms with Gasteiger partial charge < -0.3 is 9.88 Å². The predicted molar refractivity (Wildman–Crippen MR) is 95.0 cm³/mol. The fraction of sp³-hybridized carbons (Fsp3) is 0.375. The third-order valence-electron chi connectivity index (χ3n) is 3.76. The number of aryl methyl sites for hydroxylation is 2. The van der Waals surface area contributed by atoms with E-state index in [2.05, 4.69) is 10.0 Å². The molecule has 0 aliphatic carbocycles. The molecule has 8 nitrogen and oxygen atoms in total. The lowest BCUT2D eigenvalue weighted by Crippen LogP contribution is -2.40. The molecule has 0 aliphatic heterocycles. The topological polar surface area (TPSA) is 102 Å². The van der Waals surface area contributed by atoms with E-state index in [9.17, 15) is 18.0 Å². The van der Waals surface area contributed by atoms with Crippen LogP contribution in [0.1, 0.15) is 11.1 Å². The van der Waals surface area contributed by atoms with Crippen LogP contribution in [0.25, 0.3) is 0 Å². The molecule has 0 spiro atoms. The number of nitrogens with zero attached hydrogens (tertiary/aromatic N) is 2. The number of rotatable bonds is 7. The SMILES string of the molecule is Cc1ccc(S(=O)(=O)NCCNCc2cn(C)c(=O)n(C)c2=O)cc1. The fourth-order valence-corrected chi connectivity index (χ4v) is 3.33. The van der Waals surface area contributed by atoms with Crippen LogP contribution in [0.15, 0.2) is 44.9 Å². The Balaban J connectivity index is 1.89. The van der Waals surface area contributed by atoms with Gasteiger partial charge in [0.25, 0.3) is 5.56 Å². The van der Waals surface area contributed by atoms with E-state index in [0.717, 1.165) is 10.1 Å². The molecule has 1 aromatic carbocycles. The maximum atomic E-state index is 12.1. The van der Waals surface area contributed by atoms with Gasteiger partial charge >= 0.3 is 5.69 Å². The number of hydrogen-bond donors (Lipinski definition) is 2. The zero-order chi connectivity index (χ0) is 18.6. The fourth-order valence-electron chi connectivity index (χ4n) is 2.30. The minimum Gasteiger partial charge on any atom is -0.311 e. The van der Waals surface area contributed by atoms with Crippen LogP contribution in [-0.2, 0) is 30.7 Å². The van der Waals surface area contributed by atoms with Gasteiger partial charge in [0, 0.05) is 45.5 Å². The van der Waals surface area contributed by atoms with Crippen molar-refractivity contribution >= 4 is 10.0 Å². The van der Waals surface area contributed by atoms with Gasteiger partial charge in [-0.3, -0.25) is 9.36 Å². The average molecular weight is 366 g/mol.